The van der Waals surface area contributed by atoms with Crippen molar-refractivity contribution in [2.45, 2.75) is 32.1 Å². The molecule has 2 aliphatic heterocycles. The van der Waals surface area contributed by atoms with Crippen LogP contribution in [0.5, 0.6) is 0 Å². The Kier molecular flexibility index (Phi) is 6.25. The van der Waals surface area contributed by atoms with Gasteiger partial charge in [0.05, 0.1) is 29.3 Å². The molecule has 2 atom stereocenters. The highest BCUT2D eigenvalue weighted by Crippen LogP contribution is 2.35. The maximum atomic E-state index is 5.23. The van der Waals surface area contributed by atoms with E-state index in [1.54, 1.807) is 0 Å². The second-order valence-electron chi connectivity index (χ2n) is 10.4. The number of benzene rings is 3. The van der Waals surface area contributed by atoms with E-state index in [-0.39, 0.29) is 11.7 Å². The third-order valence-corrected chi connectivity index (χ3v) is 7.96. The fourth-order valence-corrected chi connectivity index (χ4v) is 5.94. The fraction of sp³-hybridized carbons (Fsp3) is 0.367. The van der Waals surface area contributed by atoms with Gasteiger partial charge in [0.25, 0.3) is 0 Å². The lowest BCUT2D eigenvalue weighted by molar-refractivity contribution is 0.0219. The summed E-state index contributed by atoms with van der Waals surface area (Å²) in [6.45, 7) is 11.1. The van der Waals surface area contributed by atoms with Crippen LogP contribution in [-0.4, -0.2) is 59.9 Å². The normalized spacial score (nSPS) is 23.3. The second kappa shape index (κ2) is 9.69. The van der Waals surface area contributed by atoms with Crippen LogP contribution >= 0.6 is 0 Å². The number of fused-ring (bicyclic) bond motifs is 1. The van der Waals surface area contributed by atoms with Gasteiger partial charge in [0.1, 0.15) is 0 Å². The number of hydrogen-bond acceptors (Lipinski definition) is 5. The van der Waals surface area contributed by atoms with Crippen LogP contribution in [0.2, 0.25) is 0 Å². The molecule has 3 heterocycles. The fourth-order valence-electron chi connectivity index (χ4n) is 5.94. The van der Waals surface area contributed by atoms with Crippen LogP contribution < -0.4 is 15.5 Å². The Morgan fingerprint density at radius 1 is 0.889 bits per heavy atom. The van der Waals surface area contributed by atoms with Crippen LogP contribution in [0.1, 0.15) is 23.6 Å². The quantitative estimate of drug-likeness (QED) is 0.453. The number of aryl methyl sites for hydroxylation is 1. The molecule has 0 amide bonds. The summed E-state index contributed by atoms with van der Waals surface area (Å²) in [5.41, 5.74) is 6.10. The summed E-state index contributed by atoms with van der Waals surface area (Å²) < 4.78 is 2.41. The number of anilines is 1. The summed E-state index contributed by atoms with van der Waals surface area (Å²) in [7, 11) is 0. The number of aromatic nitrogens is 2. The van der Waals surface area contributed by atoms with Crippen LogP contribution in [0, 0.1) is 6.92 Å². The molecule has 0 bridgehead atoms. The van der Waals surface area contributed by atoms with Crippen molar-refractivity contribution in [1.82, 2.24) is 25.1 Å². The summed E-state index contributed by atoms with van der Waals surface area (Å²) in [6.07, 6.45) is 0.207. The number of nitrogens with zero attached hydrogens (tertiary/aromatic N) is 4. The van der Waals surface area contributed by atoms with Gasteiger partial charge in [0, 0.05) is 39.3 Å². The Morgan fingerprint density at radius 3 is 2.47 bits per heavy atom. The van der Waals surface area contributed by atoms with Crippen molar-refractivity contribution in [2.24, 2.45) is 0 Å². The molecule has 3 aromatic carbocycles. The molecule has 1 aromatic heterocycles. The molecule has 2 saturated heterocycles. The van der Waals surface area contributed by atoms with E-state index < -0.39 is 0 Å². The van der Waals surface area contributed by atoms with Gasteiger partial charge in [-0.25, -0.2) is 4.98 Å². The van der Waals surface area contributed by atoms with Crippen molar-refractivity contribution >= 4 is 17.0 Å². The molecule has 0 radical (unpaired) electrons. The van der Waals surface area contributed by atoms with Crippen LogP contribution in [0.4, 0.5) is 5.95 Å². The predicted molar refractivity (Wildman–Crippen MR) is 147 cm³/mol. The first kappa shape index (κ1) is 23.2. The first-order valence-electron chi connectivity index (χ1n) is 13.1. The van der Waals surface area contributed by atoms with Crippen molar-refractivity contribution in [1.29, 1.82) is 0 Å². The van der Waals surface area contributed by atoms with E-state index in [4.69, 9.17) is 4.98 Å². The highest BCUT2D eigenvalue weighted by molar-refractivity contribution is 5.79. The topological polar surface area (TPSA) is 48.4 Å². The molecule has 2 unspecified atom stereocenters. The zero-order chi connectivity index (χ0) is 24.5. The van der Waals surface area contributed by atoms with Gasteiger partial charge in [0.2, 0.25) is 5.95 Å². The van der Waals surface area contributed by atoms with E-state index in [2.05, 4.69) is 118 Å². The van der Waals surface area contributed by atoms with Gasteiger partial charge < -0.3 is 20.1 Å². The lowest BCUT2D eigenvalue weighted by Crippen LogP contribution is -2.69. The van der Waals surface area contributed by atoms with Crippen molar-refractivity contribution in [3.05, 3.63) is 95.6 Å². The SMILES string of the molecule is Cc1ccc(C2(C)CNCCN2C2CNCCN2c2nc3ccccc3n2Cc2ccccc2)cc1. The number of hydrogen-bond donors (Lipinski definition) is 2. The van der Waals surface area contributed by atoms with E-state index in [1.165, 1.54) is 22.2 Å². The summed E-state index contributed by atoms with van der Waals surface area (Å²) in [4.78, 5) is 10.5. The molecular formula is C30H36N6. The molecule has 36 heavy (non-hydrogen) atoms. The van der Waals surface area contributed by atoms with E-state index in [0.717, 1.165) is 57.3 Å². The Morgan fingerprint density at radius 2 is 1.64 bits per heavy atom. The van der Waals surface area contributed by atoms with E-state index in [9.17, 15) is 0 Å². The Bertz CT molecular complexity index is 1310. The van der Waals surface area contributed by atoms with E-state index in [0.29, 0.717) is 0 Å². The second-order valence-corrected chi connectivity index (χ2v) is 10.4. The van der Waals surface area contributed by atoms with Crippen molar-refractivity contribution < 1.29 is 0 Å². The minimum atomic E-state index is -0.107. The Balaban J connectivity index is 1.42. The molecule has 2 aliphatic rings. The molecule has 6 rings (SSSR count). The van der Waals surface area contributed by atoms with Crippen LogP contribution in [0.25, 0.3) is 11.0 Å². The highest BCUT2D eigenvalue weighted by atomic mass is 15.5. The zero-order valence-electron chi connectivity index (χ0n) is 21.3. The average Bonchev–Trinajstić information content (AvgIpc) is 3.28. The maximum Gasteiger partial charge on any atom is 0.208 e. The van der Waals surface area contributed by atoms with Gasteiger partial charge in [-0.15, -0.1) is 0 Å². The molecule has 4 aromatic rings. The largest absolute Gasteiger partial charge is 0.324 e. The van der Waals surface area contributed by atoms with Gasteiger partial charge in [-0.2, -0.15) is 0 Å². The predicted octanol–water partition coefficient (Wildman–Crippen LogP) is 3.95. The summed E-state index contributed by atoms with van der Waals surface area (Å²) in [6, 6.07) is 28.4. The van der Waals surface area contributed by atoms with Gasteiger partial charge >= 0.3 is 0 Å². The standard InChI is InChI=1S/C30H36N6/c1-23-12-14-25(15-13-23)30(2)22-32-17-19-36(30)28-20-31-16-18-34(28)29-33-26-10-6-7-11-27(26)35(29)21-24-8-4-3-5-9-24/h3-15,28,31-32H,16-22H2,1-2H3. The molecule has 0 aliphatic carbocycles. The zero-order valence-corrected chi connectivity index (χ0v) is 21.3. The Labute approximate surface area is 213 Å². The van der Waals surface area contributed by atoms with Crippen molar-refractivity contribution in [2.75, 3.05) is 44.2 Å². The molecule has 6 nitrogen and oxygen atoms in total. The van der Waals surface area contributed by atoms with Gasteiger partial charge in [-0.1, -0.05) is 72.3 Å². The molecule has 2 N–H and O–H groups in total. The Hall–Kier alpha value is -3.19. The number of rotatable bonds is 5. The smallest absolute Gasteiger partial charge is 0.208 e. The first-order chi connectivity index (χ1) is 17.6. The molecule has 6 heteroatoms. The molecular weight excluding hydrogens is 444 g/mol. The average molecular weight is 481 g/mol. The molecule has 0 saturated carbocycles. The van der Waals surface area contributed by atoms with Crippen molar-refractivity contribution in [3.8, 4) is 0 Å². The van der Waals surface area contributed by atoms with Crippen LogP contribution in [0.15, 0.2) is 78.9 Å². The molecule has 0 spiro atoms. The minimum absolute atomic E-state index is 0.107. The van der Waals surface area contributed by atoms with Crippen molar-refractivity contribution in [3.63, 3.8) is 0 Å². The van der Waals surface area contributed by atoms with Gasteiger partial charge in [0.15, 0.2) is 0 Å². The van der Waals surface area contributed by atoms with Crippen LogP contribution in [-0.2, 0) is 12.1 Å². The van der Waals surface area contributed by atoms with Crippen LogP contribution in [0.3, 0.4) is 0 Å². The van der Waals surface area contributed by atoms with E-state index >= 15 is 0 Å². The molecule has 2 fully saturated rings. The lowest BCUT2D eigenvalue weighted by Gasteiger charge is -2.53. The van der Waals surface area contributed by atoms with E-state index in [1.807, 2.05) is 0 Å². The highest BCUT2D eigenvalue weighted by Gasteiger charge is 2.43. The molecule has 186 valence electrons. The summed E-state index contributed by atoms with van der Waals surface area (Å²) in [5, 5.41) is 7.37. The number of imidazole rings is 1. The first-order valence-corrected chi connectivity index (χ1v) is 13.1. The van der Waals surface area contributed by atoms with Gasteiger partial charge in [-0.3, -0.25) is 4.90 Å². The third-order valence-electron chi connectivity index (χ3n) is 7.96. The number of nitrogens with one attached hydrogen (secondary N) is 2. The minimum Gasteiger partial charge on any atom is -0.324 e. The maximum absolute atomic E-state index is 5.23. The lowest BCUT2D eigenvalue weighted by atomic mass is 9.87. The summed E-state index contributed by atoms with van der Waals surface area (Å²) >= 11 is 0. The number of piperazine rings is 2. The summed E-state index contributed by atoms with van der Waals surface area (Å²) in [5.74, 6) is 1.07. The number of para-hydroxylation sites is 2. The van der Waals surface area contributed by atoms with Gasteiger partial charge in [-0.05, 0) is 37.1 Å². The third kappa shape index (κ3) is 4.19. The monoisotopic (exact) mass is 480 g/mol.